The zero-order chi connectivity index (χ0) is 32.1. The van der Waals surface area contributed by atoms with Crippen LogP contribution >= 0.6 is 11.3 Å². The van der Waals surface area contributed by atoms with Crippen LogP contribution in [-0.4, -0.2) is 32.2 Å². The van der Waals surface area contributed by atoms with Crippen molar-refractivity contribution in [2.24, 2.45) is 0 Å². The first-order chi connectivity index (χ1) is 22.2. The van der Waals surface area contributed by atoms with Gasteiger partial charge in [-0.2, -0.15) is 5.16 Å². The van der Waals surface area contributed by atoms with Gasteiger partial charge in [-0.3, -0.25) is 18.7 Å². The molecule has 0 spiro atoms. The second kappa shape index (κ2) is 12.4. The van der Waals surface area contributed by atoms with Crippen molar-refractivity contribution in [2.75, 3.05) is 7.11 Å². The predicted molar refractivity (Wildman–Crippen MR) is 170 cm³/mol. The molecule has 7 rings (SSSR count). The fourth-order valence-corrected chi connectivity index (χ4v) is 6.71. The van der Waals surface area contributed by atoms with Gasteiger partial charge in [0.25, 0.3) is 5.56 Å². The Morgan fingerprint density at radius 1 is 1.02 bits per heavy atom. The maximum Gasteiger partial charge on any atom is 0.332 e. The number of halogens is 2. The number of nitrogens with zero attached hydrogens (tertiary/aromatic N) is 4. The molecule has 3 heterocycles. The van der Waals surface area contributed by atoms with Crippen LogP contribution in [0.2, 0.25) is 0 Å². The molecule has 3 aromatic carbocycles. The normalized spacial score (nSPS) is 12.7. The molecule has 0 saturated heterocycles. The third-order valence-electron chi connectivity index (χ3n) is 7.95. The zero-order valence-electron chi connectivity index (χ0n) is 24.2. The van der Waals surface area contributed by atoms with Crippen molar-refractivity contribution in [2.45, 2.75) is 39.3 Å². The van der Waals surface area contributed by atoms with E-state index in [1.807, 2.05) is 0 Å². The van der Waals surface area contributed by atoms with Crippen LogP contribution in [0.15, 0.2) is 80.8 Å². The number of Topliss-reactive ketones (excluding diaryl/α,β-unsaturated/α-hetero) is 1. The summed E-state index contributed by atoms with van der Waals surface area (Å²) >= 11 is 1.24. The predicted octanol–water partition coefficient (Wildman–Crippen LogP) is 5.75. The third-order valence-corrected chi connectivity index (χ3v) is 9.27. The molecule has 1 saturated carbocycles. The summed E-state index contributed by atoms with van der Waals surface area (Å²) in [7, 11) is 1.49. The highest BCUT2D eigenvalue weighted by atomic mass is 32.1. The van der Waals surface area contributed by atoms with E-state index in [1.165, 1.54) is 30.6 Å². The highest BCUT2D eigenvalue weighted by Gasteiger charge is 2.28. The van der Waals surface area contributed by atoms with Gasteiger partial charge < -0.3 is 14.4 Å². The lowest BCUT2D eigenvalue weighted by molar-refractivity contribution is -0.303. The number of hydrogen-bond acceptors (Lipinski definition) is 9. The van der Waals surface area contributed by atoms with Crippen LogP contribution in [0.4, 0.5) is 8.78 Å². The lowest BCUT2D eigenvalue weighted by Crippen LogP contribution is -2.41. The van der Waals surface area contributed by atoms with E-state index in [1.54, 1.807) is 42.5 Å². The Balaban J connectivity index is 0.00000386. The molecule has 240 valence electrons. The number of ketones is 1. The summed E-state index contributed by atoms with van der Waals surface area (Å²) < 4.78 is 43.2. The van der Waals surface area contributed by atoms with Crippen molar-refractivity contribution < 1.29 is 27.9 Å². The number of aromatic nitrogens is 4. The Morgan fingerprint density at radius 3 is 2.32 bits per heavy atom. The van der Waals surface area contributed by atoms with Crippen LogP contribution < -0.4 is 21.1 Å². The van der Waals surface area contributed by atoms with E-state index in [0.717, 1.165) is 39.0 Å². The Bertz CT molecular complexity index is 2240. The summed E-state index contributed by atoms with van der Waals surface area (Å²) in [6.45, 7) is -1.09. The number of carbonyl (C=O) groups is 1. The molecule has 3 aromatic heterocycles. The molecule has 1 aliphatic rings. The van der Waals surface area contributed by atoms with Crippen molar-refractivity contribution >= 4 is 27.3 Å². The lowest BCUT2D eigenvalue weighted by atomic mass is 9.97. The van der Waals surface area contributed by atoms with Crippen molar-refractivity contribution in [3.05, 3.63) is 115 Å². The third kappa shape index (κ3) is 5.85. The van der Waals surface area contributed by atoms with E-state index in [2.05, 4.69) is 14.7 Å². The molecular formula is C34H27F2N4O6S-. The number of carbonyl (C=O) groups excluding carboxylic acids is 1. The van der Waals surface area contributed by atoms with E-state index in [9.17, 15) is 19.5 Å². The summed E-state index contributed by atoms with van der Waals surface area (Å²) in [4.78, 5) is 45.4. The van der Waals surface area contributed by atoms with Gasteiger partial charge >= 0.3 is 5.69 Å². The summed E-state index contributed by atoms with van der Waals surface area (Å²) in [5.41, 5.74) is -0.810. The Labute approximate surface area is 270 Å². The van der Waals surface area contributed by atoms with E-state index in [0.29, 0.717) is 16.9 Å². The number of rotatable bonds is 9. The van der Waals surface area contributed by atoms with Crippen molar-refractivity contribution in [1.82, 2.24) is 19.3 Å². The van der Waals surface area contributed by atoms with Gasteiger partial charge in [-0.15, -0.1) is 11.3 Å². The number of benzene rings is 3. The Kier molecular flexibility index (Phi) is 8.32. The minimum atomic E-state index is -0.937. The number of methoxy groups -OCH3 is 1. The molecule has 0 atom stereocenters. The van der Waals surface area contributed by atoms with Crippen LogP contribution in [0.5, 0.6) is 11.8 Å². The van der Waals surface area contributed by atoms with E-state index in [-0.39, 0.29) is 40.5 Å². The van der Waals surface area contributed by atoms with Crippen molar-refractivity contribution in [3.63, 3.8) is 0 Å². The maximum atomic E-state index is 15.8. The van der Waals surface area contributed by atoms with E-state index in [4.69, 9.17) is 4.74 Å². The van der Waals surface area contributed by atoms with E-state index >= 15 is 8.78 Å². The van der Waals surface area contributed by atoms with Crippen LogP contribution in [0.1, 0.15) is 47.0 Å². The zero-order valence-corrected chi connectivity index (χ0v) is 25.0. The molecule has 0 unspecified atom stereocenters. The quantitative estimate of drug-likeness (QED) is 0.180. The Morgan fingerprint density at radius 2 is 1.70 bits per heavy atom. The summed E-state index contributed by atoms with van der Waals surface area (Å²) in [5, 5.41) is 15.3. The van der Waals surface area contributed by atoms with Crippen molar-refractivity contribution in [3.8, 4) is 34.3 Å². The fourth-order valence-electron chi connectivity index (χ4n) is 5.39. The monoisotopic (exact) mass is 657 g/mol. The van der Waals surface area contributed by atoms with Crippen LogP contribution in [0.25, 0.3) is 32.7 Å². The average molecular weight is 658 g/mol. The first-order valence-corrected chi connectivity index (χ1v) is 15.1. The number of thiophene rings is 1. The second-order valence-corrected chi connectivity index (χ2v) is 12.0. The van der Waals surface area contributed by atoms with Gasteiger partial charge in [0.2, 0.25) is 0 Å². The molecule has 1 aliphatic carbocycles. The van der Waals surface area contributed by atoms with Crippen LogP contribution in [-0.2, 0) is 13.1 Å². The topological polar surface area (TPSA) is 132 Å². The molecule has 0 aliphatic heterocycles. The van der Waals surface area contributed by atoms with Gasteiger partial charge in [-0.25, -0.2) is 18.6 Å². The fraction of sp³-hybridized carbons (Fsp3) is 0.206. The molecule has 13 heteroatoms. The minimum Gasteiger partial charge on any atom is -0.528 e. The first kappa shape index (κ1) is 31.5. The molecular weight excluding hydrogens is 630 g/mol. The summed E-state index contributed by atoms with van der Waals surface area (Å²) in [6.07, 6.45) is 0.973. The highest BCUT2D eigenvalue weighted by Crippen LogP contribution is 2.44. The van der Waals surface area contributed by atoms with Crippen LogP contribution in [0.3, 0.4) is 0 Å². The Hall–Kier alpha value is -5.43. The van der Waals surface area contributed by atoms with Crippen LogP contribution in [0, 0.1) is 11.6 Å². The van der Waals surface area contributed by atoms with Gasteiger partial charge in [0.15, 0.2) is 17.7 Å². The average Bonchev–Trinajstić information content (AvgIpc) is 3.67. The van der Waals surface area contributed by atoms with Crippen molar-refractivity contribution in [1.29, 1.82) is 0 Å². The molecule has 6 aromatic rings. The molecule has 1 fully saturated rings. The minimum absolute atomic E-state index is 0. The maximum absolute atomic E-state index is 15.8. The molecule has 0 radical (unpaired) electrons. The number of hydrogen-bond donors (Lipinski definition) is 0. The summed E-state index contributed by atoms with van der Waals surface area (Å²) in [6, 6.07) is 16.7. The lowest BCUT2D eigenvalue weighted by Gasteiger charge is -2.14. The molecule has 0 bridgehead atoms. The number of ether oxygens (including phenoxy) is 1. The van der Waals surface area contributed by atoms with Gasteiger partial charge in [0.1, 0.15) is 22.2 Å². The number of fused-ring (bicyclic) bond motifs is 1. The largest absolute Gasteiger partial charge is 0.528 e. The molecule has 0 amide bonds. The van der Waals surface area contributed by atoms with Gasteiger partial charge in [-0.1, -0.05) is 31.7 Å². The first-order valence-electron chi connectivity index (χ1n) is 14.2. The second-order valence-electron chi connectivity index (χ2n) is 10.9. The van der Waals surface area contributed by atoms with Gasteiger partial charge in [0, 0.05) is 21.6 Å². The molecule has 0 N–H and O–H groups in total. The smallest absolute Gasteiger partial charge is 0.332 e. The van der Waals surface area contributed by atoms with E-state index < -0.39 is 53.4 Å². The highest BCUT2D eigenvalue weighted by molar-refractivity contribution is 7.18. The summed E-state index contributed by atoms with van der Waals surface area (Å²) in [5.74, 6) is -1.61. The molecule has 47 heavy (non-hydrogen) atoms. The van der Waals surface area contributed by atoms with Gasteiger partial charge in [-0.05, 0) is 72.4 Å². The SMILES string of the molecule is C.COc1ccc(C(=O)Cn2c(=O)c3cc(C4CC4)sc3n(Cc3c(F)cc(-c4ccccc4-c4noc([O-])n4)cc3F)c2=O)cc1. The van der Waals surface area contributed by atoms with Gasteiger partial charge in [0.05, 0.1) is 25.6 Å². The molecule has 10 nitrogen and oxygen atoms in total. The standard InChI is InChI=1S/C33H24F2N4O6S.CH4/c1-44-20-10-8-17(9-11-20)27(40)16-38-30(41)23-14-28(18-6-7-18)46-31(23)39(33(38)43)15-24-25(34)12-19(13-26(24)35)21-4-2-3-5-22(21)29-36-32(42)45-37-29;/h2-5,8-14,18H,6-7,15-16H2,1H3,(H,36,37,42);1H4/p-1.